The molecule has 25 heavy (non-hydrogen) atoms. The van der Waals surface area contributed by atoms with Gasteiger partial charge in [-0.05, 0) is 49.1 Å². The monoisotopic (exact) mass is 340 g/mol. The quantitative estimate of drug-likeness (QED) is 0.879. The number of nitrogens with one attached hydrogen (secondary N) is 1. The first-order chi connectivity index (χ1) is 12.0. The van der Waals surface area contributed by atoms with Crippen LogP contribution >= 0.6 is 0 Å². The summed E-state index contributed by atoms with van der Waals surface area (Å²) in [5.41, 5.74) is 2.33. The van der Waals surface area contributed by atoms with E-state index in [1.165, 1.54) is 12.1 Å². The summed E-state index contributed by atoms with van der Waals surface area (Å²) in [6.07, 6.45) is 1.94. The van der Waals surface area contributed by atoms with Crippen LogP contribution in [-0.4, -0.2) is 29.3 Å². The molecule has 0 aromatic heterocycles. The predicted molar refractivity (Wildman–Crippen MR) is 93.5 cm³/mol. The molecule has 1 aliphatic carbocycles. The standard InChI is InChI=1S/C20H21FN2O2/c1-14-4-2-3-5-18(14)20(25)22-12-19(24)23(17-10-11-17)13-15-6-8-16(21)9-7-15/h2-9,17H,10-13H2,1H3,(H,22,25). The van der Waals surface area contributed by atoms with Gasteiger partial charge in [0.15, 0.2) is 0 Å². The van der Waals surface area contributed by atoms with Crippen molar-refractivity contribution in [1.29, 1.82) is 0 Å². The van der Waals surface area contributed by atoms with E-state index in [4.69, 9.17) is 0 Å². The van der Waals surface area contributed by atoms with Crippen LogP contribution in [0.3, 0.4) is 0 Å². The lowest BCUT2D eigenvalue weighted by molar-refractivity contribution is -0.131. The maximum atomic E-state index is 13.0. The first kappa shape index (κ1) is 17.1. The number of carbonyl (C=O) groups excluding carboxylic acids is 2. The minimum absolute atomic E-state index is 0.0368. The highest BCUT2D eigenvalue weighted by molar-refractivity contribution is 5.97. The van der Waals surface area contributed by atoms with Gasteiger partial charge in [-0.2, -0.15) is 0 Å². The summed E-state index contributed by atoms with van der Waals surface area (Å²) in [7, 11) is 0. The average molecular weight is 340 g/mol. The van der Waals surface area contributed by atoms with Gasteiger partial charge in [-0.15, -0.1) is 0 Å². The number of benzene rings is 2. The molecule has 1 aliphatic rings. The van der Waals surface area contributed by atoms with Gasteiger partial charge >= 0.3 is 0 Å². The van der Waals surface area contributed by atoms with Crippen LogP contribution in [0.15, 0.2) is 48.5 Å². The molecule has 4 nitrogen and oxygen atoms in total. The van der Waals surface area contributed by atoms with Crippen LogP contribution in [0, 0.1) is 12.7 Å². The Labute approximate surface area is 146 Å². The lowest BCUT2D eigenvalue weighted by Gasteiger charge is -2.23. The number of hydrogen-bond acceptors (Lipinski definition) is 2. The summed E-state index contributed by atoms with van der Waals surface area (Å²) in [5.74, 6) is -0.656. The predicted octanol–water partition coefficient (Wildman–Crippen LogP) is 3.06. The third kappa shape index (κ3) is 4.44. The molecule has 2 aromatic rings. The maximum Gasteiger partial charge on any atom is 0.251 e. The fourth-order valence-electron chi connectivity index (χ4n) is 2.77. The highest BCUT2D eigenvalue weighted by atomic mass is 19.1. The normalized spacial score (nSPS) is 13.4. The number of nitrogens with zero attached hydrogens (tertiary/aromatic N) is 1. The number of carbonyl (C=O) groups is 2. The minimum Gasteiger partial charge on any atom is -0.343 e. The Hall–Kier alpha value is -2.69. The van der Waals surface area contributed by atoms with Gasteiger partial charge in [0, 0.05) is 18.2 Å². The topological polar surface area (TPSA) is 49.4 Å². The summed E-state index contributed by atoms with van der Waals surface area (Å²) in [6.45, 7) is 2.26. The summed E-state index contributed by atoms with van der Waals surface area (Å²) < 4.78 is 13.0. The summed E-state index contributed by atoms with van der Waals surface area (Å²) in [4.78, 5) is 26.6. The molecule has 0 spiro atoms. The smallest absolute Gasteiger partial charge is 0.251 e. The number of hydrogen-bond donors (Lipinski definition) is 1. The molecule has 130 valence electrons. The molecule has 0 bridgehead atoms. The summed E-state index contributed by atoms with van der Waals surface area (Å²) in [6, 6.07) is 13.6. The molecule has 0 aliphatic heterocycles. The van der Waals surface area contributed by atoms with Crippen molar-refractivity contribution in [3.8, 4) is 0 Å². The molecule has 0 unspecified atom stereocenters. The van der Waals surface area contributed by atoms with Gasteiger partial charge in [-0.25, -0.2) is 4.39 Å². The van der Waals surface area contributed by atoms with Crippen molar-refractivity contribution in [1.82, 2.24) is 10.2 Å². The Morgan fingerprint density at radius 2 is 1.80 bits per heavy atom. The lowest BCUT2D eigenvalue weighted by atomic mass is 10.1. The second kappa shape index (κ2) is 7.47. The van der Waals surface area contributed by atoms with Gasteiger partial charge < -0.3 is 10.2 Å². The second-order valence-electron chi connectivity index (χ2n) is 6.38. The van der Waals surface area contributed by atoms with E-state index in [-0.39, 0.29) is 30.2 Å². The first-order valence-electron chi connectivity index (χ1n) is 8.42. The molecule has 0 radical (unpaired) electrons. The molecule has 0 heterocycles. The zero-order chi connectivity index (χ0) is 17.8. The van der Waals surface area contributed by atoms with Gasteiger partial charge in [-0.3, -0.25) is 9.59 Å². The Bertz CT molecular complexity index is 770. The van der Waals surface area contributed by atoms with Crippen LogP contribution in [0.25, 0.3) is 0 Å². The molecule has 1 saturated carbocycles. The molecule has 3 rings (SSSR count). The third-order valence-electron chi connectivity index (χ3n) is 4.36. The number of aryl methyl sites for hydroxylation is 1. The number of rotatable bonds is 6. The zero-order valence-electron chi connectivity index (χ0n) is 14.2. The van der Waals surface area contributed by atoms with Crippen LogP contribution in [-0.2, 0) is 11.3 Å². The molecule has 1 N–H and O–H groups in total. The lowest BCUT2D eigenvalue weighted by Crippen LogP contribution is -2.41. The van der Waals surface area contributed by atoms with E-state index in [1.54, 1.807) is 29.2 Å². The molecule has 0 saturated heterocycles. The Morgan fingerprint density at radius 1 is 1.12 bits per heavy atom. The van der Waals surface area contributed by atoms with E-state index >= 15 is 0 Å². The SMILES string of the molecule is Cc1ccccc1C(=O)NCC(=O)N(Cc1ccc(F)cc1)C1CC1. The molecule has 2 amide bonds. The molecular weight excluding hydrogens is 319 g/mol. The van der Waals surface area contributed by atoms with Gasteiger partial charge in [-0.1, -0.05) is 30.3 Å². The molecule has 2 aromatic carbocycles. The molecule has 0 atom stereocenters. The zero-order valence-corrected chi connectivity index (χ0v) is 14.2. The Balaban J connectivity index is 1.60. The largest absolute Gasteiger partial charge is 0.343 e. The molecular formula is C20H21FN2O2. The number of halogens is 1. The Morgan fingerprint density at radius 3 is 2.44 bits per heavy atom. The van der Waals surface area contributed by atoms with E-state index in [0.717, 1.165) is 24.0 Å². The van der Waals surface area contributed by atoms with E-state index in [0.29, 0.717) is 12.1 Å². The van der Waals surface area contributed by atoms with Crippen molar-refractivity contribution in [3.63, 3.8) is 0 Å². The van der Waals surface area contributed by atoms with E-state index in [2.05, 4.69) is 5.32 Å². The van der Waals surface area contributed by atoms with Crippen LogP contribution < -0.4 is 5.32 Å². The highest BCUT2D eigenvalue weighted by Gasteiger charge is 2.32. The van der Waals surface area contributed by atoms with Crippen LogP contribution in [0.4, 0.5) is 4.39 Å². The van der Waals surface area contributed by atoms with Crippen molar-refractivity contribution >= 4 is 11.8 Å². The van der Waals surface area contributed by atoms with Crippen molar-refractivity contribution < 1.29 is 14.0 Å². The maximum absolute atomic E-state index is 13.0. The van der Waals surface area contributed by atoms with Gasteiger partial charge in [0.2, 0.25) is 5.91 Å². The van der Waals surface area contributed by atoms with E-state index in [9.17, 15) is 14.0 Å². The fraction of sp³-hybridized carbons (Fsp3) is 0.300. The van der Waals surface area contributed by atoms with Gasteiger partial charge in [0.1, 0.15) is 5.82 Å². The van der Waals surface area contributed by atoms with E-state index < -0.39 is 0 Å². The summed E-state index contributed by atoms with van der Waals surface area (Å²) >= 11 is 0. The average Bonchev–Trinajstić information content (AvgIpc) is 3.44. The van der Waals surface area contributed by atoms with E-state index in [1.807, 2.05) is 19.1 Å². The highest BCUT2D eigenvalue weighted by Crippen LogP contribution is 2.28. The van der Waals surface area contributed by atoms with Crippen molar-refractivity contribution in [2.24, 2.45) is 0 Å². The van der Waals surface area contributed by atoms with Gasteiger partial charge in [0.25, 0.3) is 5.91 Å². The van der Waals surface area contributed by atoms with Crippen LogP contribution in [0.5, 0.6) is 0 Å². The van der Waals surface area contributed by atoms with Crippen molar-refractivity contribution in [2.45, 2.75) is 32.4 Å². The fourth-order valence-corrected chi connectivity index (χ4v) is 2.77. The van der Waals surface area contributed by atoms with Crippen molar-refractivity contribution in [3.05, 3.63) is 71.0 Å². The Kier molecular flexibility index (Phi) is 5.12. The summed E-state index contributed by atoms with van der Waals surface area (Å²) in [5, 5.41) is 2.71. The minimum atomic E-state index is -0.293. The van der Waals surface area contributed by atoms with Crippen molar-refractivity contribution in [2.75, 3.05) is 6.54 Å². The van der Waals surface area contributed by atoms with Crippen LogP contribution in [0.2, 0.25) is 0 Å². The second-order valence-corrected chi connectivity index (χ2v) is 6.38. The molecule has 1 fully saturated rings. The first-order valence-corrected chi connectivity index (χ1v) is 8.42. The molecule has 5 heteroatoms. The third-order valence-corrected chi connectivity index (χ3v) is 4.36. The number of amides is 2. The van der Waals surface area contributed by atoms with Gasteiger partial charge in [0.05, 0.1) is 6.54 Å². The van der Waals surface area contributed by atoms with Crippen LogP contribution in [0.1, 0.15) is 34.3 Å².